The van der Waals surface area contributed by atoms with Crippen molar-refractivity contribution in [3.05, 3.63) is 95.6 Å². The predicted octanol–water partition coefficient (Wildman–Crippen LogP) is 4.03. The van der Waals surface area contributed by atoms with Crippen LogP contribution in [0.15, 0.2) is 78.9 Å². The van der Waals surface area contributed by atoms with E-state index in [0.717, 1.165) is 17.7 Å². The van der Waals surface area contributed by atoms with Crippen LogP contribution in [0.25, 0.3) is 0 Å². The molecule has 5 nitrogen and oxygen atoms in total. The summed E-state index contributed by atoms with van der Waals surface area (Å²) in [6, 6.07) is 25.1. The van der Waals surface area contributed by atoms with E-state index in [1.165, 1.54) is 10.5 Å². The Morgan fingerprint density at radius 1 is 0.828 bits per heavy atom. The van der Waals surface area contributed by atoms with Crippen molar-refractivity contribution < 1.29 is 9.59 Å². The monoisotopic (exact) mass is 387 g/mol. The van der Waals surface area contributed by atoms with Crippen LogP contribution >= 0.6 is 0 Å². The summed E-state index contributed by atoms with van der Waals surface area (Å²) >= 11 is 0. The molecule has 0 radical (unpaired) electrons. The van der Waals surface area contributed by atoms with Crippen LogP contribution in [-0.4, -0.2) is 37.4 Å². The van der Waals surface area contributed by atoms with Gasteiger partial charge < -0.3 is 15.5 Å². The molecule has 0 aromatic heterocycles. The van der Waals surface area contributed by atoms with Crippen LogP contribution in [0.5, 0.6) is 0 Å². The minimum absolute atomic E-state index is 0.0698. The van der Waals surface area contributed by atoms with Crippen molar-refractivity contribution >= 4 is 23.2 Å². The number of carbonyl (C=O) groups excluding carboxylic acids is 2. The molecule has 0 saturated carbocycles. The van der Waals surface area contributed by atoms with Crippen LogP contribution in [0.1, 0.15) is 21.5 Å². The first-order valence-corrected chi connectivity index (χ1v) is 9.50. The Balaban J connectivity index is 1.58. The zero-order chi connectivity index (χ0) is 20.6. The van der Waals surface area contributed by atoms with Gasteiger partial charge in [0.2, 0.25) is 5.91 Å². The fraction of sp³-hybridized carbons (Fsp3) is 0.167. The number of anilines is 2. The highest BCUT2D eigenvalue weighted by atomic mass is 16.2. The molecule has 2 amide bonds. The van der Waals surface area contributed by atoms with Gasteiger partial charge in [0, 0.05) is 31.0 Å². The Hall–Kier alpha value is -3.60. The fourth-order valence-corrected chi connectivity index (χ4v) is 3.00. The first-order valence-electron chi connectivity index (χ1n) is 9.50. The van der Waals surface area contributed by atoms with Crippen molar-refractivity contribution in [1.29, 1.82) is 0 Å². The summed E-state index contributed by atoms with van der Waals surface area (Å²) in [6.07, 6.45) is 0.799. The van der Waals surface area contributed by atoms with Gasteiger partial charge in [0.15, 0.2) is 0 Å². The largest absolute Gasteiger partial charge is 0.376 e. The molecular formula is C24H25N3O2. The van der Waals surface area contributed by atoms with E-state index in [9.17, 15) is 9.59 Å². The number of carbonyl (C=O) groups is 2. The number of hydrogen-bond donors (Lipinski definition) is 2. The summed E-state index contributed by atoms with van der Waals surface area (Å²) in [5, 5.41) is 6.08. The Morgan fingerprint density at radius 3 is 2.17 bits per heavy atom. The fourth-order valence-electron chi connectivity index (χ4n) is 3.00. The van der Waals surface area contributed by atoms with Crippen molar-refractivity contribution in [1.82, 2.24) is 4.90 Å². The number of nitrogens with one attached hydrogen (secondary N) is 2. The summed E-state index contributed by atoms with van der Waals surface area (Å²) in [6.45, 7) is 0.157. The number of hydrogen-bond acceptors (Lipinski definition) is 3. The molecule has 0 atom stereocenters. The van der Waals surface area contributed by atoms with E-state index >= 15 is 0 Å². The molecule has 29 heavy (non-hydrogen) atoms. The van der Waals surface area contributed by atoms with Crippen molar-refractivity contribution in [3.8, 4) is 0 Å². The molecular weight excluding hydrogens is 362 g/mol. The highest BCUT2D eigenvalue weighted by molar-refractivity contribution is 5.96. The van der Waals surface area contributed by atoms with Crippen LogP contribution in [0, 0.1) is 0 Å². The van der Waals surface area contributed by atoms with Crippen LogP contribution in [-0.2, 0) is 11.2 Å². The van der Waals surface area contributed by atoms with Crippen molar-refractivity contribution in [2.45, 2.75) is 6.42 Å². The molecule has 0 fully saturated rings. The lowest BCUT2D eigenvalue weighted by Gasteiger charge is -2.13. The molecule has 0 saturated heterocycles. The maximum Gasteiger partial charge on any atom is 0.253 e. The molecule has 5 heteroatoms. The zero-order valence-electron chi connectivity index (χ0n) is 16.7. The van der Waals surface area contributed by atoms with Gasteiger partial charge in [-0.15, -0.1) is 0 Å². The second-order valence-corrected chi connectivity index (χ2v) is 7.00. The zero-order valence-corrected chi connectivity index (χ0v) is 16.7. The SMILES string of the molecule is CN(C)C(=O)c1ccc(NC(=O)CNc2ccccc2Cc2ccccc2)cc1. The number of amides is 2. The molecule has 0 unspecified atom stereocenters. The number of rotatable bonds is 7. The first-order chi connectivity index (χ1) is 14.0. The average molecular weight is 387 g/mol. The number of benzene rings is 3. The summed E-state index contributed by atoms with van der Waals surface area (Å²) in [4.78, 5) is 25.8. The maximum absolute atomic E-state index is 12.3. The van der Waals surface area contributed by atoms with E-state index in [1.807, 2.05) is 36.4 Å². The van der Waals surface area contributed by atoms with Gasteiger partial charge >= 0.3 is 0 Å². The first kappa shape index (κ1) is 20.1. The smallest absolute Gasteiger partial charge is 0.253 e. The van der Waals surface area contributed by atoms with Crippen LogP contribution in [0.4, 0.5) is 11.4 Å². The van der Waals surface area contributed by atoms with Gasteiger partial charge in [-0.2, -0.15) is 0 Å². The van der Waals surface area contributed by atoms with Crippen molar-refractivity contribution in [2.24, 2.45) is 0 Å². The van der Waals surface area contributed by atoms with Crippen LogP contribution in [0.2, 0.25) is 0 Å². The molecule has 0 bridgehead atoms. The number of nitrogens with zero attached hydrogens (tertiary/aromatic N) is 1. The van der Waals surface area contributed by atoms with Crippen LogP contribution in [0.3, 0.4) is 0 Å². The lowest BCUT2D eigenvalue weighted by atomic mass is 10.0. The minimum atomic E-state index is -0.147. The molecule has 3 aromatic rings. The number of para-hydroxylation sites is 1. The van der Waals surface area contributed by atoms with E-state index in [2.05, 4.69) is 28.8 Å². The van der Waals surface area contributed by atoms with Crippen molar-refractivity contribution in [2.75, 3.05) is 31.3 Å². The third kappa shape index (κ3) is 5.69. The minimum Gasteiger partial charge on any atom is -0.376 e. The molecule has 3 aromatic carbocycles. The standard InChI is InChI=1S/C24H25N3O2/c1-27(2)24(29)19-12-14-21(15-13-19)26-23(28)17-25-22-11-7-6-10-20(22)16-18-8-4-3-5-9-18/h3-15,25H,16-17H2,1-2H3,(H,26,28). The molecule has 0 aliphatic carbocycles. The Bertz CT molecular complexity index is 967. The lowest BCUT2D eigenvalue weighted by molar-refractivity contribution is -0.114. The topological polar surface area (TPSA) is 61.4 Å². The molecule has 0 aliphatic rings. The maximum atomic E-state index is 12.3. The quantitative estimate of drug-likeness (QED) is 0.643. The average Bonchev–Trinajstić information content (AvgIpc) is 2.74. The van der Waals surface area contributed by atoms with Gasteiger partial charge in [0.1, 0.15) is 0 Å². The van der Waals surface area contributed by atoms with Crippen molar-refractivity contribution in [3.63, 3.8) is 0 Å². The van der Waals surface area contributed by atoms with E-state index in [4.69, 9.17) is 0 Å². The van der Waals surface area contributed by atoms with E-state index in [-0.39, 0.29) is 18.4 Å². The summed E-state index contributed by atoms with van der Waals surface area (Å²) in [5.74, 6) is -0.217. The van der Waals surface area contributed by atoms with Gasteiger partial charge in [-0.05, 0) is 47.9 Å². The van der Waals surface area contributed by atoms with Gasteiger partial charge in [-0.1, -0.05) is 48.5 Å². The van der Waals surface area contributed by atoms with E-state index < -0.39 is 0 Å². The van der Waals surface area contributed by atoms with Gasteiger partial charge in [0.25, 0.3) is 5.91 Å². The molecule has 0 heterocycles. The van der Waals surface area contributed by atoms with Crippen LogP contribution < -0.4 is 10.6 Å². The van der Waals surface area contributed by atoms with E-state index in [1.54, 1.807) is 38.4 Å². The predicted molar refractivity (Wildman–Crippen MR) is 117 cm³/mol. The second kappa shape index (κ2) is 9.55. The molecule has 2 N–H and O–H groups in total. The Morgan fingerprint density at radius 2 is 1.48 bits per heavy atom. The van der Waals surface area contributed by atoms with E-state index in [0.29, 0.717) is 11.3 Å². The van der Waals surface area contributed by atoms with Gasteiger partial charge in [-0.3, -0.25) is 9.59 Å². The highest BCUT2D eigenvalue weighted by Crippen LogP contribution is 2.19. The Labute approximate surface area is 171 Å². The summed E-state index contributed by atoms with van der Waals surface area (Å²) in [5.41, 5.74) is 4.54. The molecule has 3 rings (SSSR count). The highest BCUT2D eigenvalue weighted by Gasteiger charge is 2.09. The van der Waals surface area contributed by atoms with Gasteiger partial charge in [0.05, 0.1) is 6.54 Å². The summed E-state index contributed by atoms with van der Waals surface area (Å²) in [7, 11) is 3.42. The summed E-state index contributed by atoms with van der Waals surface area (Å²) < 4.78 is 0. The van der Waals surface area contributed by atoms with Gasteiger partial charge in [-0.25, -0.2) is 0 Å². The molecule has 0 aliphatic heterocycles. The molecule has 0 spiro atoms. The molecule has 148 valence electrons. The third-order valence-corrected chi connectivity index (χ3v) is 4.52. The third-order valence-electron chi connectivity index (χ3n) is 4.52. The normalized spacial score (nSPS) is 10.3. The Kier molecular flexibility index (Phi) is 6.63. The second-order valence-electron chi connectivity index (χ2n) is 7.00. The lowest BCUT2D eigenvalue weighted by Crippen LogP contribution is -2.23.